The standard InChI is InChI=1S/C6H9NO/c1-2-3-4-5-6-7-8/h1,6,8H,3-5H2/b7-6+. The Balaban J connectivity index is 2.85. The molecule has 0 spiro atoms. The van der Waals surface area contributed by atoms with Gasteiger partial charge in [-0.2, -0.15) is 0 Å². The quantitative estimate of drug-likeness (QED) is 0.192. The van der Waals surface area contributed by atoms with Gasteiger partial charge >= 0.3 is 0 Å². The van der Waals surface area contributed by atoms with Crippen molar-refractivity contribution >= 4 is 6.21 Å². The van der Waals surface area contributed by atoms with Gasteiger partial charge in [-0.05, 0) is 12.8 Å². The Morgan fingerprint density at radius 2 is 2.50 bits per heavy atom. The summed E-state index contributed by atoms with van der Waals surface area (Å²) in [4.78, 5) is 0. The monoisotopic (exact) mass is 111 g/mol. The van der Waals surface area contributed by atoms with E-state index in [4.69, 9.17) is 11.6 Å². The average molecular weight is 111 g/mol. The van der Waals surface area contributed by atoms with Crippen molar-refractivity contribution in [3.63, 3.8) is 0 Å². The molecule has 0 rings (SSSR count). The molecule has 1 N–H and O–H groups in total. The molecule has 0 aliphatic rings. The molecule has 0 aliphatic heterocycles. The minimum atomic E-state index is 0.756. The van der Waals surface area contributed by atoms with E-state index in [0.717, 1.165) is 19.3 Å². The van der Waals surface area contributed by atoms with Crippen LogP contribution in [0.3, 0.4) is 0 Å². The molecule has 0 unspecified atom stereocenters. The highest BCUT2D eigenvalue weighted by Gasteiger charge is 1.77. The highest BCUT2D eigenvalue weighted by molar-refractivity contribution is 5.55. The van der Waals surface area contributed by atoms with Crippen LogP contribution < -0.4 is 0 Å². The van der Waals surface area contributed by atoms with E-state index in [1.165, 1.54) is 6.21 Å². The molecule has 0 heterocycles. The summed E-state index contributed by atoms with van der Waals surface area (Å²) in [6.07, 6.45) is 8.82. The topological polar surface area (TPSA) is 32.6 Å². The van der Waals surface area contributed by atoms with Crippen molar-refractivity contribution in [1.29, 1.82) is 0 Å². The van der Waals surface area contributed by atoms with Crippen LogP contribution >= 0.6 is 0 Å². The van der Waals surface area contributed by atoms with Crippen LogP contribution in [0, 0.1) is 12.3 Å². The maximum atomic E-state index is 7.88. The summed E-state index contributed by atoms with van der Waals surface area (Å²) in [5.74, 6) is 2.48. The molecule has 2 heteroatoms. The van der Waals surface area contributed by atoms with E-state index in [0.29, 0.717) is 0 Å². The van der Waals surface area contributed by atoms with Gasteiger partial charge in [0.05, 0.1) is 0 Å². The molecule has 0 atom stereocenters. The van der Waals surface area contributed by atoms with Crippen molar-refractivity contribution in [3.8, 4) is 12.3 Å². The third kappa shape index (κ3) is 5.03. The Morgan fingerprint density at radius 1 is 1.75 bits per heavy atom. The predicted octanol–water partition coefficient (Wildman–Crippen LogP) is 1.25. The summed E-state index contributed by atoms with van der Waals surface area (Å²) in [5.41, 5.74) is 0. The Labute approximate surface area is 49.2 Å². The molecular weight excluding hydrogens is 102 g/mol. The molecule has 0 amide bonds. The lowest BCUT2D eigenvalue weighted by molar-refractivity contribution is 0.320. The van der Waals surface area contributed by atoms with Gasteiger partial charge in [-0.15, -0.1) is 17.5 Å². The first-order valence-electron chi connectivity index (χ1n) is 2.51. The van der Waals surface area contributed by atoms with E-state index in [1.807, 2.05) is 0 Å². The summed E-state index contributed by atoms with van der Waals surface area (Å²) >= 11 is 0. The van der Waals surface area contributed by atoms with E-state index >= 15 is 0 Å². The number of terminal acetylenes is 1. The van der Waals surface area contributed by atoms with Gasteiger partial charge in [-0.3, -0.25) is 0 Å². The summed E-state index contributed by atoms with van der Waals surface area (Å²) in [6.45, 7) is 0. The fourth-order valence-corrected chi connectivity index (χ4v) is 0.353. The zero-order valence-corrected chi connectivity index (χ0v) is 4.67. The maximum Gasteiger partial charge on any atom is 0.0436 e. The van der Waals surface area contributed by atoms with Crippen LogP contribution in [-0.4, -0.2) is 11.4 Å². The highest BCUT2D eigenvalue weighted by Crippen LogP contribution is 1.88. The Hall–Kier alpha value is -0.970. The first-order chi connectivity index (χ1) is 3.91. The zero-order chi connectivity index (χ0) is 6.24. The molecule has 0 aromatic rings. The summed E-state index contributed by atoms with van der Waals surface area (Å²) in [5, 5.41) is 10.7. The zero-order valence-electron chi connectivity index (χ0n) is 4.67. The SMILES string of the molecule is C#CCCC/C=N/O. The molecule has 8 heavy (non-hydrogen) atoms. The predicted molar refractivity (Wildman–Crippen MR) is 33.0 cm³/mol. The molecule has 0 fully saturated rings. The minimum Gasteiger partial charge on any atom is -0.411 e. The van der Waals surface area contributed by atoms with Crippen molar-refractivity contribution in [1.82, 2.24) is 0 Å². The van der Waals surface area contributed by atoms with Gasteiger partial charge in [-0.1, -0.05) is 0 Å². The molecule has 0 bridgehead atoms. The summed E-state index contributed by atoms with van der Waals surface area (Å²) in [7, 11) is 0. The van der Waals surface area contributed by atoms with Gasteiger partial charge in [-0.25, -0.2) is 0 Å². The Bertz CT molecular complexity index is 102. The maximum absolute atomic E-state index is 7.88. The van der Waals surface area contributed by atoms with Crippen LogP contribution in [-0.2, 0) is 0 Å². The second-order valence-electron chi connectivity index (χ2n) is 1.39. The lowest BCUT2D eigenvalue weighted by Crippen LogP contribution is -1.74. The molecule has 0 saturated heterocycles. The van der Waals surface area contributed by atoms with Gasteiger partial charge in [0.1, 0.15) is 0 Å². The van der Waals surface area contributed by atoms with E-state index in [9.17, 15) is 0 Å². The fraction of sp³-hybridized carbons (Fsp3) is 0.500. The van der Waals surface area contributed by atoms with Crippen LogP contribution in [0.5, 0.6) is 0 Å². The molecule has 44 valence electrons. The van der Waals surface area contributed by atoms with Crippen LogP contribution in [0.4, 0.5) is 0 Å². The summed E-state index contributed by atoms with van der Waals surface area (Å²) in [6, 6.07) is 0. The van der Waals surface area contributed by atoms with Crippen molar-refractivity contribution in [2.75, 3.05) is 0 Å². The van der Waals surface area contributed by atoms with Gasteiger partial charge in [0.15, 0.2) is 0 Å². The van der Waals surface area contributed by atoms with Gasteiger partial charge in [0.2, 0.25) is 0 Å². The first kappa shape index (κ1) is 7.03. The van der Waals surface area contributed by atoms with Crippen molar-refractivity contribution in [3.05, 3.63) is 0 Å². The van der Waals surface area contributed by atoms with Crippen molar-refractivity contribution in [2.24, 2.45) is 5.16 Å². The second-order valence-corrected chi connectivity index (χ2v) is 1.39. The van der Waals surface area contributed by atoms with Gasteiger partial charge in [0, 0.05) is 12.6 Å². The van der Waals surface area contributed by atoms with Gasteiger partial charge in [0.25, 0.3) is 0 Å². The largest absolute Gasteiger partial charge is 0.411 e. The fourth-order valence-electron chi connectivity index (χ4n) is 0.353. The van der Waals surface area contributed by atoms with E-state index in [2.05, 4.69) is 11.1 Å². The van der Waals surface area contributed by atoms with E-state index in [1.54, 1.807) is 0 Å². The third-order valence-electron chi connectivity index (χ3n) is 0.736. The summed E-state index contributed by atoms with van der Waals surface area (Å²) < 4.78 is 0. The number of oxime groups is 1. The second kappa shape index (κ2) is 6.03. The van der Waals surface area contributed by atoms with Crippen LogP contribution in [0.25, 0.3) is 0 Å². The normalized spacial score (nSPS) is 9.38. The number of nitrogens with zero attached hydrogens (tertiary/aromatic N) is 1. The number of hydrogen-bond acceptors (Lipinski definition) is 2. The average Bonchev–Trinajstić information content (AvgIpc) is 1.81. The molecular formula is C6H9NO. The lowest BCUT2D eigenvalue weighted by Gasteiger charge is -1.82. The molecule has 0 aliphatic carbocycles. The highest BCUT2D eigenvalue weighted by atomic mass is 16.4. The van der Waals surface area contributed by atoms with Crippen LogP contribution in [0.2, 0.25) is 0 Å². The smallest absolute Gasteiger partial charge is 0.0436 e. The molecule has 0 radical (unpaired) electrons. The van der Waals surface area contributed by atoms with E-state index < -0.39 is 0 Å². The number of hydrogen-bond donors (Lipinski definition) is 1. The number of unbranched alkanes of at least 4 members (excludes halogenated alkanes) is 2. The van der Waals surface area contributed by atoms with Crippen LogP contribution in [0.1, 0.15) is 19.3 Å². The van der Waals surface area contributed by atoms with E-state index in [-0.39, 0.29) is 0 Å². The molecule has 2 nitrogen and oxygen atoms in total. The molecule has 0 aromatic heterocycles. The molecule has 0 aromatic carbocycles. The van der Waals surface area contributed by atoms with Crippen molar-refractivity contribution < 1.29 is 5.21 Å². The third-order valence-corrected chi connectivity index (χ3v) is 0.736. The minimum absolute atomic E-state index is 0.756. The number of rotatable bonds is 3. The first-order valence-corrected chi connectivity index (χ1v) is 2.51. The Kier molecular flexibility index (Phi) is 5.30. The van der Waals surface area contributed by atoms with Gasteiger partial charge < -0.3 is 5.21 Å². The van der Waals surface area contributed by atoms with Crippen LogP contribution in [0.15, 0.2) is 5.16 Å². The Morgan fingerprint density at radius 3 is 3.00 bits per heavy atom. The lowest BCUT2D eigenvalue weighted by atomic mass is 10.3. The van der Waals surface area contributed by atoms with Crippen molar-refractivity contribution in [2.45, 2.75) is 19.3 Å². The molecule has 0 saturated carbocycles.